The summed E-state index contributed by atoms with van der Waals surface area (Å²) < 4.78 is 4.47. The molecule has 0 aromatic rings. The number of ketones is 1. The lowest BCUT2D eigenvalue weighted by molar-refractivity contribution is -0.136. The molecule has 0 aliphatic carbocycles. The van der Waals surface area contributed by atoms with Crippen LogP contribution in [0.5, 0.6) is 0 Å². The van der Waals surface area contributed by atoms with Crippen LogP contribution in [-0.4, -0.2) is 18.9 Å². The minimum atomic E-state index is -0.461. The summed E-state index contributed by atoms with van der Waals surface area (Å²) >= 11 is 0. The summed E-state index contributed by atoms with van der Waals surface area (Å²) in [7, 11) is 1.29. The number of esters is 1. The summed E-state index contributed by atoms with van der Waals surface area (Å²) in [5.74, 6) is -0.534. The first-order valence-corrected chi connectivity index (χ1v) is 4.10. The van der Waals surface area contributed by atoms with Crippen molar-refractivity contribution in [3.63, 3.8) is 0 Å². The molecule has 0 aliphatic rings. The maximum atomic E-state index is 11.4. The van der Waals surface area contributed by atoms with Gasteiger partial charge in [0.2, 0.25) is 0 Å². The minimum absolute atomic E-state index is 0.0737. The molecule has 0 saturated carbocycles. The lowest BCUT2D eigenvalue weighted by atomic mass is 9.90. The predicted octanol–water partition coefficient (Wildman–Crippen LogP) is 1.72. The van der Waals surface area contributed by atoms with Gasteiger partial charge in [0.1, 0.15) is 0 Å². The first-order valence-electron chi connectivity index (χ1n) is 4.10. The van der Waals surface area contributed by atoms with Crippen LogP contribution in [0, 0.1) is 5.41 Å². The highest BCUT2D eigenvalue weighted by Crippen LogP contribution is 2.16. The van der Waals surface area contributed by atoms with Gasteiger partial charge in [-0.1, -0.05) is 20.8 Å². The van der Waals surface area contributed by atoms with E-state index in [1.165, 1.54) is 13.2 Å². The summed E-state index contributed by atoms with van der Waals surface area (Å²) in [6.45, 7) is 6.97. The second-order valence-corrected chi connectivity index (χ2v) is 3.93. The third-order valence-electron chi connectivity index (χ3n) is 1.59. The van der Waals surface area contributed by atoms with Crippen LogP contribution in [0.25, 0.3) is 0 Å². The van der Waals surface area contributed by atoms with Crippen molar-refractivity contribution in [1.29, 1.82) is 0 Å². The van der Waals surface area contributed by atoms with E-state index >= 15 is 0 Å². The minimum Gasteiger partial charge on any atom is -0.466 e. The highest BCUT2D eigenvalue weighted by molar-refractivity contribution is 6.01. The average molecular weight is 184 g/mol. The zero-order chi connectivity index (χ0) is 10.6. The Balaban J connectivity index is 4.59. The molecule has 0 heterocycles. The number of allylic oxidation sites excluding steroid dienone is 1. The van der Waals surface area contributed by atoms with Gasteiger partial charge in [-0.2, -0.15) is 0 Å². The van der Waals surface area contributed by atoms with Crippen molar-refractivity contribution in [2.45, 2.75) is 27.7 Å². The molecular formula is C10H16O3. The third-order valence-corrected chi connectivity index (χ3v) is 1.59. The van der Waals surface area contributed by atoms with E-state index in [2.05, 4.69) is 4.74 Å². The summed E-state index contributed by atoms with van der Waals surface area (Å²) in [5, 5.41) is 0. The number of carbonyl (C=O) groups excluding carboxylic acids is 2. The quantitative estimate of drug-likeness (QED) is 0.485. The molecule has 0 atom stereocenters. The molecule has 0 unspecified atom stereocenters. The van der Waals surface area contributed by atoms with Gasteiger partial charge in [0.05, 0.1) is 7.11 Å². The molecule has 0 spiro atoms. The van der Waals surface area contributed by atoms with Gasteiger partial charge in [-0.3, -0.25) is 4.79 Å². The van der Waals surface area contributed by atoms with E-state index in [9.17, 15) is 9.59 Å². The fraction of sp³-hybridized carbons (Fsp3) is 0.600. The average Bonchev–Trinajstić information content (AvgIpc) is 2.01. The Bertz CT molecular complexity index is 243. The summed E-state index contributed by atoms with van der Waals surface area (Å²) in [5.41, 5.74) is -0.114. The molecule has 0 N–H and O–H groups in total. The normalized spacial score (nSPS) is 12.5. The fourth-order valence-corrected chi connectivity index (χ4v) is 0.633. The van der Waals surface area contributed by atoms with E-state index in [1.54, 1.807) is 27.7 Å². The zero-order valence-corrected chi connectivity index (χ0v) is 8.80. The third kappa shape index (κ3) is 3.87. The number of hydrogen-bond donors (Lipinski definition) is 0. The smallest absolute Gasteiger partial charge is 0.333 e. The molecule has 0 aromatic carbocycles. The second-order valence-electron chi connectivity index (χ2n) is 3.93. The molecule has 13 heavy (non-hydrogen) atoms. The summed E-state index contributed by atoms with van der Waals surface area (Å²) in [6, 6.07) is 0. The van der Waals surface area contributed by atoms with E-state index in [0.29, 0.717) is 5.57 Å². The molecule has 0 aliphatic heterocycles. The summed E-state index contributed by atoms with van der Waals surface area (Å²) in [6.07, 6.45) is 1.33. The zero-order valence-electron chi connectivity index (χ0n) is 8.80. The highest BCUT2D eigenvalue weighted by atomic mass is 16.5. The van der Waals surface area contributed by atoms with Crippen LogP contribution in [0.1, 0.15) is 27.7 Å². The van der Waals surface area contributed by atoms with Crippen molar-refractivity contribution in [3.05, 3.63) is 11.6 Å². The maximum absolute atomic E-state index is 11.4. The Morgan fingerprint density at radius 1 is 1.23 bits per heavy atom. The van der Waals surface area contributed by atoms with Gasteiger partial charge in [-0.05, 0) is 13.0 Å². The maximum Gasteiger partial charge on any atom is 0.333 e. The molecule has 0 amide bonds. The van der Waals surface area contributed by atoms with Gasteiger partial charge >= 0.3 is 5.97 Å². The molecule has 3 nitrogen and oxygen atoms in total. The first-order chi connectivity index (χ1) is 5.79. The van der Waals surface area contributed by atoms with Gasteiger partial charge in [-0.15, -0.1) is 0 Å². The number of ether oxygens (including phenoxy) is 1. The Morgan fingerprint density at radius 3 is 2.00 bits per heavy atom. The second kappa shape index (κ2) is 4.21. The molecule has 0 saturated heterocycles. The molecule has 0 fully saturated rings. The van der Waals surface area contributed by atoms with Crippen LogP contribution >= 0.6 is 0 Å². The number of carbonyl (C=O) groups is 2. The number of rotatable bonds is 2. The lowest BCUT2D eigenvalue weighted by Gasteiger charge is -2.13. The molecular weight excluding hydrogens is 168 g/mol. The Labute approximate surface area is 78.8 Å². The van der Waals surface area contributed by atoms with Crippen molar-refractivity contribution in [2.24, 2.45) is 5.41 Å². The molecule has 74 valence electrons. The van der Waals surface area contributed by atoms with Crippen molar-refractivity contribution >= 4 is 11.8 Å². The van der Waals surface area contributed by atoms with Crippen LogP contribution in [0.15, 0.2) is 11.6 Å². The fourth-order valence-electron chi connectivity index (χ4n) is 0.633. The number of methoxy groups -OCH3 is 1. The Kier molecular flexibility index (Phi) is 3.85. The largest absolute Gasteiger partial charge is 0.466 e. The van der Waals surface area contributed by atoms with E-state index in [0.717, 1.165) is 0 Å². The standard InChI is InChI=1S/C10H16O3/c1-7(9(12)13-5)6-8(11)10(2,3)4/h6H,1-5H3. The van der Waals surface area contributed by atoms with Gasteiger partial charge in [0.15, 0.2) is 5.78 Å². The molecule has 0 radical (unpaired) electrons. The van der Waals surface area contributed by atoms with Crippen molar-refractivity contribution in [2.75, 3.05) is 7.11 Å². The lowest BCUT2D eigenvalue weighted by Crippen LogP contribution is -2.19. The van der Waals surface area contributed by atoms with Crippen LogP contribution in [0.2, 0.25) is 0 Å². The highest BCUT2D eigenvalue weighted by Gasteiger charge is 2.20. The Morgan fingerprint density at radius 2 is 1.69 bits per heavy atom. The molecule has 3 heteroatoms. The Hall–Kier alpha value is -1.12. The van der Waals surface area contributed by atoms with Gasteiger partial charge in [-0.25, -0.2) is 4.79 Å². The van der Waals surface area contributed by atoms with Crippen molar-refractivity contribution in [1.82, 2.24) is 0 Å². The monoisotopic (exact) mass is 184 g/mol. The van der Waals surface area contributed by atoms with E-state index in [-0.39, 0.29) is 5.78 Å². The molecule has 0 rings (SSSR count). The van der Waals surface area contributed by atoms with E-state index in [1.807, 2.05) is 0 Å². The van der Waals surface area contributed by atoms with Crippen LogP contribution in [-0.2, 0) is 14.3 Å². The summed E-state index contributed by atoms with van der Waals surface area (Å²) in [4.78, 5) is 22.3. The number of hydrogen-bond acceptors (Lipinski definition) is 3. The SMILES string of the molecule is COC(=O)C(C)=CC(=O)C(C)(C)C. The molecule has 0 aromatic heterocycles. The van der Waals surface area contributed by atoms with Gasteiger partial charge < -0.3 is 4.74 Å². The topological polar surface area (TPSA) is 43.4 Å². The van der Waals surface area contributed by atoms with E-state index < -0.39 is 11.4 Å². The van der Waals surface area contributed by atoms with Crippen molar-refractivity contribution < 1.29 is 14.3 Å². The first kappa shape index (κ1) is 11.9. The molecule has 0 bridgehead atoms. The van der Waals surface area contributed by atoms with Crippen LogP contribution in [0.3, 0.4) is 0 Å². The van der Waals surface area contributed by atoms with Crippen LogP contribution in [0.4, 0.5) is 0 Å². The van der Waals surface area contributed by atoms with Gasteiger partial charge in [0.25, 0.3) is 0 Å². The van der Waals surface area contributed by atoms with Gasteiger partial charge in [0, 0.05) is 11.0 Å². The van der Waals surface area contributed by atoms with E-state index in [4.69, 9.17) is 0 Å². The van der Waals surface area contributed by atoms with Crippen LogP contribution < -0.4 is 0 Å². The predicted molar refractivity (Wildman–Crippen MR) is 50.2 cm³/mol. The van der Waals surface area contributed by atoms with Crippen molar-refractivity contribution in [3.8, 4) is 0 Å².